The molecule has 5 heteroatoms. The van der Waals surface area contributed by atoms with Crippen molar-refractivity contribution in [2.24, 2.45) is 0 Å². The minimum absolute atomic E-state index is 0.140. The van der Waals surface area contributed by atoms with E-state index in [-0.39, 0.29) is 4.90 Å². The second-order valence-electron chi connectivity index (χ2n) is 3.86. The summed E-state index contributed by atoms with van der Waals surface area (Å²) in [6.07, 6.45) is 8.13. The van der Waals surface area contributed by atoms with Crippen molar-refractivity contribution in [3.05, 3.63) is 24.5 Å². The van der Waals surface area contributed by atoms with Crippen LogP contribution in [0.2, 0.25) is 0 Å². The van der Waals surface area contributed by atoms with Crippen LogP contribution in [-0.4, -0.2) is 30.3 Å². The first-order chi connectivity index (χ1) is 7.32. The molecular weight excluding hydrogens is 224 g/mol. The molecule has 0 aromatic carbocycles. The number of aromatic nitrogens is 1. The molecule has 0 amide bonds. The van der Waals surface area contributed by atoms with Gasteiger partial charge in [0.25, 0.3) is 0 Å². The number of hydrogen-bond acceptors (Lipinski definition) is 3. The van der Waals surface area contributed by atoms with Crippen molar-refractivity contribution in [1.29, 1.82) is 0 Å². The van der Waals surface area contributed by atoms with Crippen LogP contribution >= 0.6 is 0 Å². The third-order valence-electron chi connectivity index (χ3n) is 2.43. The normalized spacial score (nSPS) is 12.4. The van der Waals surface area contributed by atoms with Crippen LogP contribution in [0.4, 0.5) is 0 Å². The molecule has 0 N–H and O–H groups in total. The number of rotatable bonds is 3. The lowest BCUT2D eigenvalue weighted by atomic mass is 10.1. The van der Waals surface area contributed by atoms with E-state index in [1.165, 1.54) is 25.5 Å². The third-order valence-corrected chi connectivity index (χ3v) is 4.45. The summed E-state index contributed by atoms with van der Waals surface area (Å²) < 4.78 is 25.4. The van der Waals surface area contributed by atoms with E-state index in [2.05, 4.69) is 10.9 Å². The zero-order valence-corrected chi connectivity index (χ0v) is 10.3. The Bertz CT molecular complexity index is 501. The van der Waals surface area contributed by atoms with E-state index >= 15 is 0 Å². The highest BCUT2D eigenvalue weighted by atomic mass is 32.2. The van der Waals surface area contributed by atoms with Gasteiger partial charge < -0.3 is 0 Å². The van der Waals surface area contributed by atoms with Crippen LogP contribution in [0.5, 0.6) is 0 Å². The van der Waals surface area contributed by atoms with Gasteiger partial charge in [0.1, 0.15) is 4.90 Å². The van der Waals surface area contributed by atoms with E-state index in [0.717, 1.165) is 4.31 Å². The van der Waals surface area contributed by atoms with Crippen molar-refractivity contribution in [3.8, 4) is 12.3 Å². The Morgan fingerprint density at radius 1 is 1.50 bits per heavy atom. The molecule has 0 radical (unpaired) electrons. The molecule has 0 fully saturated rings. The molecule has 4 nitrogen and oxygen atoms in total. The molecule has 0 aliphatic heterocycles. The van der Waals surface area contributed by atoms with Crippen LogP contribution in [0, 0.1) is 12.3 Å². The smallest absolute Gasteiger partial charge is 0.245 e. The monoisotopic (exact) mass is 238 g/mol. The second-order valence-corrected chi connectivity index (χ2v) is 5.83. The third kappa shape index (κ3) is 2.23. The quantitative estimate of drug-likeness (QED) is 0.741. The summed E-state index contributed by atoms with van der Waals surface area (Å²) in [4.78, 5) is 3.92. The minimum atomic E-state index is -3.58. The molecule has 0 unspecified atom stereocenters. The Balaban J connectivity index is 3.21. The van der Waals surface area contributed by atoms with E-state index < -0.39 is 15.6 Å². The highest BCUT2D eigenvalue weighted by molar-refractivity contribution is 7.89. The van der Waals surface area contributed by atoms with Gasteiger partial charge in [-0.3, -0.25) is 4.98 Å². The Morgan fingerprint density at radius 2 is 2.12 bits per heavy atom. The molecule has 0 saturated heterocycles. The number of hydrogen-bond donors (Lipinski definition) is 0. The van der Waals surface area contributed by atoms with E-state index in [1.54, 1.807) is 19.9 Å². The molecule has 0 aliphatic rings. The summed E-state index contributed by atoms with van der Waals surface area (Å²) in [6, 6.07) is 3.06. The molecule has 16 heavy (non-hydrogen) atoms. The van der Waals surface area contributed by atoms with Crippen LogP contribution in [0.15, 0.2) is 29.4 Å². The fraction of sp³-hybridized carbons (Fsp3) is 0.364. The Kier molecular flexibility index (Phi) is 3.36. The summed E-state index contributed by atoms with van der Waals surface area (Å²) in [7, 11) is -2.12. The van der Waals surface area contributed by atoms with Gasteiger partial charge in [0.2, 0.25) is 10.0 Å². The molecule has 0 saturated carbocycles. The van der Waals surface area contributed by atoms with E-state index in [9.17, 15) is 8.42 Å². The molecule has 0 aliphatic carbocycles. The fourth-order valence-corrected chi connectivity index (χ4v) is 2.46. The first kappa shape index (κ1) is 12.7. The van der Waals surface area contributed by atoms with Gasteiger partial charge in [0.15, 0.2) is 0 Å². The lowest BCUT2D eigenvalue weighted by molar-refractivity contribution is 0.340. The lowest BCUT2D eigenvalue weighted by Crippen LogP contribution is -2.43. The van der Waals surface area contributed by atoms with Crippen molar-refractivity contribution in [1.82, 2.24) is 9.29 Å². The van der Waals surface area contributed by atoms with Crippen molar-refractivity contribution in [2.75, 3.05) is 7.05 Å². The minimum Gasteiger partial charge on any atom is -0.263 e. The van der Waals surface area contributed by atoms with Crippen molar-refractivity contribution in [2.45, 2.75) is 24.3 Å². The maximum atomic E-state index is 12.1. The first-order valence-electron chi connectivity index (χ1n) is 4.69. The van der Waals surface area contributed by atoms with Crippen molar-refractivity contribution in [3.63, 3.8) is 0 Å². The van der Waals surface area contributed by atoms with Crippen molar-refractivity contribution < 1.29 is 8.42 Å². The molecule has 1 heterocycles. The van der Waals surface area contributed by atoms with Crippen LogP contribution in [0.25, 0.3) is 0 Å². The summed E-state index contributed by atoms with van der Waals surface area (Å²) in [5, 5.41) is 0. The predicted molar refractivity (Wildman–Crippen MR) is 62.1 cm³/mol. The van der Waals surface area contributed by atoms with Gasteiger partial charge in [0, 0.05) is 19.4 Å². The molecule has 1 aromatic heterocycles. The van der Waals surface area contributed by atoms with E-state index in [0.29, 0.717) is 0 Å². The van der Waals surface area contributed by atoms with Gasteiger partial charge in [-0.2, -0.15) is 4.31 Å². The number of terminal acetylenes is 1. The SMILES string of the molecule is C#CC(C)(C)N(C)S(=O)(=O)c1cccnc1. The van der Waals surface area contributed by atoms with Gasteiger partial charge in [-0.05, 0) is 26.0 Å². The molecule has 1 aromatic rings. The van der Waals surface area contributed by atoms with Crippen LogP contribution in [0.1, 0.15) is 13.8 Å². The maximum absolute atomic E-state index is 12.1. The lowest BCUT2D eigenvalue weighted by Gasteiger charge is -2.29. The Hall–Kier alpha value is -1.38. The summed E-state index contributed by atoms with van der Waals surface area (Å²) in [5.74, 6) is 2.44. The van der Waals surface area contributed by atoms with Gasteiger partial charge in [0.05, 0.1) is 5.54 Å². The highest BCUT2D eigenvalue weighted by Crippen LogP contribution is 2.21. The highest BCUT2D eigenvalue weighted by Gasteiger charge is 2.32. The molecule has 0 spiro atoms. The van der Waals surface area contributed by atoms with Gasteiger partial charge in [-0.25, -0.2) is 8.42 Å². The van der Waals surface area contributed by atoms with E-state index in [1.807, 2.05) is 0 Å². The summed E-state index contributed by atoms with van der Waals surface area (Å²) in [6.45, 7) is 3.34. The average Bonchev–Trinajstić information content (AvgIpc) is 2.29. The van der Waals surface area contributed by atoms with Crippen LogP contribution in [0.3, 0.4) is 0 Å². The average molecular weight is 238 g/mol. The molecule has 0 atom stereocenters. The Labute approximate surface area is 96.4 Å². The summed E-state index contributed by atoms with van der Waals surface area (Å²) in [5.41, 5.74) is -0.866. The predicted octanol–water partition coefficient (Wildman–Crippen LogP) is 1.11. The molecule has 86 valence electrons. The van der Waals surface area contributed by atoms with Gasteiger partial charge >= 0.3 is 0 Å². The number of pyridine rings is 1. The molecule has 1 rings (SSSR count). The fourth-order valence-electron chi connectivity index (χ4n) is 1.05. The van der Waals surface area contributed by atoms with Crippen molar-refractivity contribution >= 4 is 10.0 Å². The molecular formula is C11H14N2O2S. The first-order valence-corrected chi connectivity index (χ1v) is 6.13. The van der Waals surface area contributed by atoms with Crippen LogP contribution < -0.4 is 0 Å². The maximum Gasteiger partial charge on any atom is 0.245 e. The van der Waals surface area contributed by atoms with Gasteiger partial charge in [-0.15, -0.1) is 6.42 Å². The second kappa shape index (κ2) is 4.24. The van der Waals surface area contributed by atoms with Crippen LogP contribution in [-0.2, 0) is 10.0 Å². The molecule has 0 bridgehead atoms. The number of sulfonamides is 1. The summed E-state index contributed by atoms with van der Waals surface area (Å²) >= 11 is 0. The van der Waals surface area contributed by atoms with E-state index in [4.69, 9.17) is 6.42 Å². The topological polar surface area (TPSA) is 50.3 Å². The standard InChI is InChI=1S/C11H14N2O2S/c1-5-11(2,3)13(4)16(14,15)10-7-6-8-12-9-10/h1,6-9H,2-4H3. The zero-order valence-electron chi connectivity index (χ0n) is 9.51. The Morgan fingerprint density at radius 3 is 2.56 bits per heavy atom. The zero-order chi connectivity index (χ0) is 12.4. The largest absolute Gasteiger partial charge is 0.263 e. The number of nitrogens with zero attached hydrogens (tertiary/aromatic N) is 2. The van der Waals surface area contributed by atoms with Gasteiger partial charge in [-0.1, -0.05) is 5.92 Å².